The lowest BCUT2D eigenvalue weighted by Crippen LogP contribution is -2.30. The van der Waals surface area contributed by atoms with Gasteiger partial charge in [-0.05, 0) is 12.8 Å². The minimum Gasteiger partial charge on any atom is -0.342 e. The summed E-state index contributed by atoms with van der Waals surface area (Å²) in [7, 11) is 0. The van der Waals surface area contributed by atoms with E-state index in [1.165, 1.54) is 0 Å². The van der Waals surface area contributed by atoms with Gasteiger partial charge < -0.3 is 5.32 Å². The van der Waals surface area contributed by atoms with Crippen LogP contribution in [0.1, 0.15) is 12.8 Å². The fourth-order valence-corrected chi connectivity index (χ4v) is 1.78. The Hall–Kier alpha value is -0.970. The monoisotopic (exact) mass is 135 g/mol. The van der Waals surface area contributed by atoms with Crippen molar-refractivity contribution in [2.24, 2.45) is 11.8 Å². The molecule has 3 atom stereocenters. The number of nitrogens with one attached hydrogen (secondary N) is 1. The number of fused-ring (bicyclic) bond motifs is 1. The molecule has 0 aromatic carbocycles. The minimum atomic E-state index is 0.0336. The Labute approximate surface area is 60.0 Å². The summed E-state index contributed by atoms with van der Waals surface area (Å²) in [5.74, 6) is 3.47. The first-order chi connectivity index (χ1) is 4.83. The van der Waals surface area contributed by atoms with Crippen LogP contribution in [-0.4, -0.2) is 11.9 Å². The number of carbonyl (C=O) groups is 1. The van der Waals surface area contributed by atoms with Crippen LogP contribution in [-0.2, 0) is 4.79 Å². The van der Waals surface area contributed by atoms with E-state index in [1.807, 2.05) is 0 Å². The van der Waals surface area contributed by atoms with Gasteiger partial charge in [-0.2, -0.15) is 0 Å². The predicted molar refractivity (Wildman–Crippen MR) is 37.0 cm³/mol. The lowest BCUT2D eigenvalue weighted by Gasteiger charge is -2.28. The first-order valence-corrected chi connectivity index (χ1v) is 3.59. The summed E-state index contributed by atoms with van der Waals surface area (Å²) in [5.41, 5.74) is 0. The summed E-state index contributed by atoms with van der Waals surface area (Å²) in [6, 6.07) is 0.0336. The van der Waals surface area contributed by atoms with Crippen molar-refractivity contribution >= 4 is 5.91 Å². The van der Waals surface area contributed by atoms with Gasteiger partial charge in [0.05, 0.1) is 6.04 Å². The van der Waals surface area contributed by atoms with E-state index in [4.69, 9.17) is 6.42 Å². The van der Waals surface area contributed by atoms with Gasteiger partial charge in [0.15, 0.2) is 0 Å². The highest BCUT2D eigenvalue weighted by atomic mass is 16.2. The van der Waals surface area contributed by atoms with E-state index in [1.54, 1.807) is 0 Å². The maximum atomic E-state index is 11.0. The molecule has 10 heavy (non-hydrogen) atoms. The largest absolute Gasteiger partial charge is 0.342 e. The van der Waals surface area contributed by atoms with Gasteiger partial charge in [-0.25, -0.2) is 0 Å². The molecule has 1 saturated carbocycles. The number of hydrogen-bond acceptors (Lipinski definition) is 1. The molecule has 2 nitrogen and oxygen atoms in total. The molecule has 1 aliphatic heterocycles. The van der Waals surface area contributed by atoms with Crippen LogP contribution < -0.4 is 5.32 Å². The zero-order chi connectivity index (χ0) is 7.14. The fraction of sp³-hybridized carbons (Fsp3) is 0.625. The third kappa shape index (κ3) is 0.527. The van der Waals surface area contributed by atoms with Gasteiger partial charge >= 0.3 is 0 Å². The van der Waals surface area contributed by atoms with Crippen LogP contribution >= 0.6 is 0 Å². The van der Waals surface area contributed by atoms with E-state index in [0.717, 1.165) is 12.8 Å². The molecule has 2 heteroatoms. The van der Waals surface area contributed by atoms with E-state index >= 15 is 0 Å². The molecule has 3 unspecified atom stereocenters. The molecule has 2 fully saturated rings. The van der Waals surface area contributed by atoms with Gasteiger partial charge in [0.2, 0.25) is 5.91 Å². The van der Waals surface area contributed by atoms with Crippen LogP contribution in [0.5, 0.6) is 0 Å². The molecule has 0 bridgehead atoms. The highest BCUT2D eigenvalue weighted by Gasteiger charge is 2.47. The zero-order valence-corrected chi connectivity index (χ0v) is 5.63. The Morgan fingerprint density at radius 3 is 2.70 bits per heavy atom. The summed E-state index contributed by atoms with van der Waals surface area (Å²) in [6.45, 7) is 0. The third-order valence-corrected chi connectivity index (χ3v) is 2.57. The third-order valence-electron chi connectivity index (χ3n) is 2.57. The maximum absolute atomic E-state index is 11.0. The summed E-state index contributed by atoms with van der Waals surface area (Å²) >= 11 is 0. The van der Waals surface area contributed by atoms with Crippen molar-refractivity contribution in [1.29, 1.82) is 0 Å². The number of rotatable bonds is 0. The van der Waals surface area contributed by atoms with Crippen LogP contribution in [0.2, 0.25) is 0 Å². The molecule has 1 heterocycles. The highest BCUT2D eigenvalue weighted by molar-refractivity contribution is 5.83. The van der Waals surface area contributed by atoms with Crippen LogP contribution in [0.15, 0.2) is 0 Å². The normalized spacial score (nSPS) is 43.1. The second kappa shape index (κ2) is 1.76. The van der Waals surface area contributed by atoms with E-state index in [0.29, 0.717) is 5.92 Å². The van der Waals surface area contributed by atoms with Crippen molar-refractivity contribution in [1.82, 2.24) is 5.32 Å². The van der Waals surface area contributed by atoms with Crippen molar-refractivity contribution in [2.45, 2.75) is 18.9 Å². The molecule has 52 valence electrons. The van der Waals surface area contributed by atoms with Gasteiger partial charge in [0.25, 0.3) is 0 Å². The molecule has 1 saturated heterocycles. The van der Waals surface area contributed by atoms with Crippen molar-refractivity contribution in [3.63, 3.8) is 0 Å². The zero-order valence-electron chi connectivity index (χ0n) is 5.63. The van der Waals surface area contributed by atoms with E-state index in [-0.39, 0.29) is 17.9 Å². The van der Waals surface area contributed by atoms with Gasteiger partial charge in [-0.1, -0.05) is 5.92 Å². The molecule has 2 rings (SSSR count). The van der Waals surface area contributed by atoms with Crippen molar-refractivity contribution in [2.75, 3.05) is 0 Å². The number of carbonyl (C=O) groups excluding carboxylic acids is 1. The lowest BCUT2D eigenvalue weighted by molar-refractivity contribution is -0.124. The SMILES string of the molecule is C#CC1NC(=O)C2CCC12. The minimum absolute atomic E-state index is 0.0336. The number of amides is 1. The first-order valence-electron chi connectivity index (χ1n) is 3.59. The first kappa shape index (κ1) is 5.79. The second-order valence-corrected chi connectivity index (χ2v) is 3.00. The van der Waals surface area contributed by atoms with Gasteiger partial charge in [0.1, 0.15) is 0 Å². The Bertz CT molecular complexity index is 216. The van der Waals surface area contributed by atoms with Crippen LogP contribution in [0, 0.1) is 24.2 Å². The molecule has 1 amide bonds. The summed E-state index contributed by atoms with van der Waals surface area (Å²) in [4.78, 5) is 11.0. The molecule has 2 aliphatic rings. The molecule has 0 aromatic rings. The van der Waals surface area contributed by atoms with Crippen LogP contribution in [0.25, 0.3) is 0 Å². The Morgan fingerprint density at radius 2 is 2.40 bits per heavy atom. The molecule has 0 radical (unpaired) electrons. The van der Waals surface area contributed by atoms with Crippen molar-refractivity contribution in [3.05, 3.63) is 0 Å². The highest BCUT2D eigenvalue weighted by Crippen LogP contribution is 2.40. The molecular weight excluding hydrogens is 126 g/mol. The van der Waals surface area contributed by atoms with E-state index in [9.17, 15) is 4.79 Å². The summed E-state index contributed by atoms with van der Waals surface area (Å²) < 4.78 is 0. The average molecular weight is 135 g/mol. The molecule has 1 aliphatic carbocycles. The molecule has 0 spiro atoms. The standard InChI is InChI=1S/C8H9NO/c1-2-7-5-3-4-6(5)8(10)9-7/h1,5-7H,3-4H2,(H,9,10). The summed E-state index contributed by atoms with van der Waals surface area (Å²) in [5, 5.41) is 2.79. The van der Waals surface area contributed by atoms with Crippen LogP contribution in [0.3, 0.4) is 0 Å². The van der Waals surface area contributed by atoms with Gasteiger partial charge in [-0.3, -0.25) is 4.79 Å². The maximum Gasteiger partial charge on any atom is 0.224 e. The fourth-order valence-electron chi connectivity index (χ4n) is 1.78. The summed E-state index contributed by atoms with van der Waals surface area (Å²) in [6.07, 6.45) is 7.38. The predicted octanol–water partition coefficient (Wildman–Crippen LogP) is 0.144. The smallest absolute Gasteiger partial charge is 0.224 e. The van der Waals surface area contributed by atoms with E-state index < -0.39 is 0 Å². The van der Waals surface area contributed by atoms with E-state index in [2.05, 4.69) is 11.2 Å². The average Bonchev–Trinajstić information content (AvgIpc) is 2.02. The van der Waals surface area contributed by atoms with Crippen molar-refractivity contribution < 1.29 is 4.79 Å². The van der Waals surface area contributed by atoms with Gasteiger partial charge in [0, 0.05) is 11.8 Å². The quantitative estimate of drug-likeness (QED) is 0.470. The topological polar surface area (TPSA) is 29.1 Å². The Kier molecular flexibility index (Phi) is 1.02. The molecule has 1 N–H and O–H groups in total. The molecule has 0 aromatic heterocycles. The van der Waals surface area contributed by atoms with Crippen LogP contribution in [0.4, 0.5) is 0 Å². The van der Waals surface area contributed by atoms with Gasteiger partial charge in [-0.15, -0.1) is 6.42 Å². The lowest BCUT2D eigenvalue weighted by atomic mass is 9.73. The Morgan fingerprint density at radius 1 is 1.60 bits per heavy atom. The Balaban J connectivity index is 2.18. The number of hydrogen-bond donors (Lipinski definition) is 1. The second-order valence-electron chi connectivity index (χ2n) is 3.00. The molecular formula is C8H9NO. The number of terminal acetylenes is 1. The van der Waals surface area contributed by atoms with Crippen molar-refractivity contribution in [3.8, 4) is 12.3 Å².